The molecule has 0 bridgehead atoms. The van der Waals surface area contributed by atoms with Crippen molar-refractivity contribution in [2.75, 3.05) is 12.4 Å². The van der Waals surface area contributed by atoms with Gasteiger partial charge in [-0.1, -0.05) is 23.1 Å². The molecule has 3 rings (SSSR count). The highest BCUT2D eigenvalue weighted by atomic mass is 32.2. The maximum absolute atomic E-state index is 12.5. The summed E-state index contributed by atoms with van der Waals surface area (Å²) in [4.78, 5) is 16.0. The Morgan fingerprint density at radius 3 is 2.54 bits per heavy atom. The van der Waals surface area contributed by atoms with E-state index in [1.54, 1.807) is 31.4 Å². The zero-order chi connectivity index (χ0) is 20.1. The Labute approximate surface area is 166 Å². The number of amides is 1. The third-order valence-electron chi connectivity index (χ3n) is 3.42. The number of hydrogen-bond acceptors (Lipinski definition) is 7. The molecule has 1 amide bonds. The van der Waals surface area contributed by atoms with Crippen molar-refractivity contribution in [3.8, 4) is 5.75 Å². The Morgan fingerprint density at radius 2 is 1.93 bits per heavy atom. The van der Waals surface area contributed by atoms with Crippen LogP contribution in [0.3, 0.4) is 0 Å². The van der Waals surface area contributed by atoms with E-state index in [1.165, 1.54) is 17.8 Å². The number of anilines is 1. The molecule has 0 fully saturated rings. The van der Waals surface area contributed by atoms with Crippen LogP contribution in [0.15, 0.2) is 47.6 Å². The molecule has 3 aromatic rings. The summed E-state index contributed by atoms with van der Waals surface area (Å²) in [5, 5.41) is 11.7. The van der Waals surface area contributed by atoms with Gasteiger partial charge in [-0.05, 0) is 36.4 Å². The molecule has 1 N–H and O–H groups in total. The van der Waals surface area contributed by atoms with Gasteiger partial charge in [0.2, 0.25) is 5.01 Å². The molecule has 146 valence electrons. The van der Waals surface area contributed by atoms with Gasteiger partial charge < -0.3 is 10.1 Å². The van der Waals surface area contributed by atoms with Crippen molar-refractivity contribution in [2.24, 2.45) is 0 Å². The first-order valence-electron chi connectivity index (χ1n) is 7.79. The number of carbonyl (C=O) groups is 1. The van der Waals surface area contributed by atoms with Crippen LogP contribution in [0, 0.1) is 0 Å². The number of nitrogens with zero attached hydrogens (tertiary/aromatic N) is 3. The van der Waals surface area contributed by atoms with E-state index in [1.807, 2.05) is 0 Å². The monoisotopic (exact) mass is 426 g/mol. The van der Waals surface area contributed by atoms with Crippen LogP contribution in [-0.4, -0.2) is 28.2 Å². The first-order valence-corrected chi connectivity index (χ1v) is 9.59. The van der Waals surface area contributed by atoms with E-state index in [-0.39, 0.29) is 5.01 Å². The van der Waals surface area contributed by atoms with Crippen LogP contribution >= 0.6 is 23.1 Å². The number of pyridine rings is 1. The van der Waals surface area contributed by atoms with Gasteiger partial charge in [0, 0.05) is 11.9 Å². The Morgan fingerprint density at radius 1 is 1.18 bits per heavy atom. The third-order valence-corrected chi connectivity index (χ3v) is 5.48. The quantitative estimate of drug-likeness (QED) is 0.585. The lowest BCUT2D eigenvalue weighted by Gasteiger charge is -2.06. The van der Waals surface area contributed by atoms with Crippen molar-refractivity contribution < 1.29 is 22.7 Å². The van der Waals surface area contributed by atoms with Gasteiger partial charge in [-0.2, -0.15) is 13.2 Å². The average Bonchev–Trinajstić information content (AvgIpc) is 3.16. The van der Waals surface area contributed by atoms with Crippen molar-refractivity contribution in [3.05, 3.63) is 58.2 Å². The molecule has 0 spiro atoms. The summed E-state index contributed by atoms with van der Waals surface area (Å²) in [5.74, 6) is 0.614. The summed E-state index contributed by atoms with van der Waals surface area (Å²) in [6.45, 7) is 0. The number of rotatable bonds is 6. The molecule has 0 aliphatic rings. The first kappa shape index (κ1) is 20.1. The molecule has 0 atom stereocenters. The molecule has 11 heteroatoms. The molecule has 0 saturated heterocycles. The highest BCUT2D eigenvalue weighted by Crippen LogP contribution is 2.30. The van der Waals surface area contributed by atoms with Gasteiger partial charge in [-0.25, -0.2) is 4.98 Å². The Bertz CT molecular complexity index is 944. The number of carbonyl (C=O) groups excluding carboxylic acids is 1. The van der Waals surface area contributed by atoms with E-state index in [2.05, 4.69) is 20.5 Å². The van der Waals surface area contributed by atoms with Gasteiger partial charge in [-0.15, -0.1) is 10.2 Å². The number of ether oxygens (including phenoxy) is 1. The zero-order valence-electron chi connectivity index (χ0n) is 14.4. The van der Waals surface area contributed by atoms with Crippen LogP contribution in [0.4, 0.5) is 18.9 Å². The summed E-state index contributed by atoms with van der Waals surface area (Å²) in [6, 6.07) is 9.11. The average molecular weight is 426 g/mol. The van der Waals surface area contributed by atoms with Crippen LogP contribution in [0.1, 0.15) is 20.4 Å². The van der Waals surface area contributed by atoms with Gasteiger partial charge in [0.1, 0.15) is 10.8 Å². The summed E-state index contributed by atoms with van der Waals surface area (Å²) < 4.78 is 42.7. The summed E-state index contributed by atoms with van der Waals surface area (Å²) in [6.07, 6.45) is -3.63. The molecule has 2 aromatic heterocycles. The normalized spacial score (nSPS) is 11.3. The second kappa shape index (κ2) is 8.57. The van der Waals surface area contributed by atoms with Crippen molar-refractivity contribution in [3.63, 3.8) is 0 Å². The number of halogens is 3. The number of thioether (sulfide) groups is 1. The van der Waals surface area contributed by atoms with Crippen molar-refractivity contribution in [1.29, 1.82) is 0 Å². The van der Waals surface area contributed by atoms with Crippen molar-refractivity contribution in [1.82, 2.24) is 15.2 Å². The minimum absolute atomic E-state index is 0.187. The largest absolute Gasteiger partial charge is 0.497 e. The van der Waals surface area contributed by atoms with Gasteiger partial charge in [0.05, 0.1) is 23.5 Å². The number of benzene rings is 1. The predicted octanol–water partition coefficient (Wildman–Crippen LogP) is 4.51. The maximum Gasteiger partial charge on any atom is 0.417 e. The fourth-order valence-electron chi connectivity index (χ4n) is 2.03. The standard InChI is InChI=1S/C17H13F3N4O2S2/c1-26-12-5-3-11(4-6-12)22-15(25)16-24-23-14(28-16)9-27-13-7-2-10(8-21-13)17(18,19)20/h2-8H,9H2,1H3,(H,22,25). The summed E-state index contributed by atoms with van der Waals surface area (Å²) >= 11 is 2.32. The predicted molar refractivity (Wildman–Crippen MR) is 99.7 cm³/mol. The second-order valence-corrected chi connectivity index (χ2v) is 7.41. The second-order valence-electron chi connectivity index (χ2n) is 5.36. The number of nitrogens with one attached hydrogen (secondary N) is 1. The van der Waals surface area contributed by atoms with Crippen LogP contribution in [0.2, 0.25) is 0 Å². The minimum Gasteiger partial charge on any atom is -0.497 e. The van der Waals surface area contributed by atoms with Crippen LogP contribution in [0.25, 0.3) is 0 Å². The molecule has 2 heterocycles. The molecule has 6 nitrogen and oxygen atoms in total. The molecule has 28 heavy (non-hydrogen) atoms. The van der Waals surface area contributed by atoms with E-state index in [0.29, 0.717) is 27.2 Å². The lowest BCUT2D eigenvalue weighted by molar-refractivity contribution is -0.137. The number of hydrogen-bond donors (Lipinski definition) is 1. The van der Waals surface area contributed by atoms with Crippen LogP contribution in [0.5, 0.6) is 5.75 Å². The molecule has 0 saturated carbocycles. The minimum atomic E-state index is -4.42. The fourth-order valence-corrected chi connectivity index (χ4v) is 3.59. The molecule has 1 aromatic carbocycles. The summed E-state index contributed by atoms with van der Waals surface area (Å²) in [5.41, 5.74) is -0.212. The van der Waals surface area contributed by atoms with Crippen molar-refractivity contribution in [2.45, 2.75) is 17.0 Å². The van der Waals surface area contributed by atoms with E-state index >= 15 is 0 Å². The lowest BCUT2D eigenvalue weighted by atomic mass is 10.3. The molecule has 0 aliphatic heterocycles. The van der Waals surface area contributed by atoms with Crippen LogP contribution in [-0.2, 0) is 11.9 Å². The molecular formula is C17H13F3N4O2S2. The molecule has 0 radical (unpaired) electrons. The Hall–Kier alpha value is -2.66. The topological polar surface area (TPSA) is 77.0 Å². The smallest absolute Gasteiger partial charge is 0.417 e. The highest BCUT2D eigenvalue weighted by molar-refractivity contribution is 7.98. The van der Waals surface area contributed by atoms with E-state index in [4.69, 9.17) is 4.74 Å². The SMILES string of the molecule is COc1ccc(NC(=O)c2nnc(CSc3ccc(C(F)(F)F)cn3)s2)cc1. The Kier molecular flexibility index (Phi) is 6.15. The van der Waals surface area contributed by atoms with E-state index in [0.717, 1.165) is 23.6 Å². The summed E-state index contributed by atoms with van der Waals surface area (Å²) in [7, 11) is 1.55. The zero-order valence-corrected chi connectivity index (χ0v) is 16.0. The molecule has 0 aliphatic carbocycles. The van der Waals surface area contributed by atoms with E-state index < -0.39 is 17.6 Å². The van der Waals surface area contributed by atoms with Crippen LogP contribution < -0.4 is 10.1 Å². The number of aromatic nitrogens is 3. The van der Waals surface area contributed by atoms with Gasteiger partial charge >= 0.3 is 6.18 Å². The van der Waals surface area contributed by atoms with Gasteiger partial charge in [0.15, 0.2) is 0 Å². The Balaban J connectivity index is 1.56. The molecule has 0 unspecified atom stereocenters. The number of alkyl halides is 3. The molecular weight excluding hydrogens is 413 g/mol. The first-order chi connectivity index (χ1) is 13.3. The van der Waals surface area contributed by atoms with Gasteiger partial charge in [-0.3, -0.25) is 4.79 Å². The third kappa shape index (κ3) is 5.20. The highest BCUT2D eigenvalue weighted by Gasteiger charge is 2.30. The maximum atomic E-state index is 12.5. The van der Waals surface area contributed by atoms with E-state index in [9.17, 15) is 18.0 Å². The fraction of sp³-hybridized carbons (Fsp3) is 0.176. The number of methoxy groups -OCH3 is 1. The van der Waals surface area contributed by atoms with Crippen molar-refractivity contribution >= 4 is 34.7 Å². The lowest BCUT2D eigenvalue weighted by Crippen LogP contribution is -2.11. The van der Waals surface area contributed by atoms with Gasteiger partial charge in [0.25, 0.3) is 5.91 Å².